The topological polar surface area (TPSA) is 72.2 Å². The lowest BCUT2D eigenvalue weighted by Gasteiger charge is -2.10. The molecule has 0 heterocycles. The van der Waals surface area contributed by atoms with Crippen LogP contribution in [0.4, 0.5) is 10.1 Å². The first-order valence-electron chi connectivity index (χ1n) is 6.09. The summed E-state index contributed by atoms with van der Waals surface area (Å²) in [5.74, 6) is -0.815. The molecular formula is C14H14BrFN2O2S. The molecule has 0 aliphatic rings. The van der Waals surface area contributed by atoms with E-state index < -0.39 is 20.7 Å². The van der Waals surface area contributed by atoms with Gasteiger partial charge >= 0.3 is 0 Å². The molecule has 0 saturated heterocycles. The Hall–Kier alpha value is -1.44. The molecule has 0 aliphatic carbocycles. The molecule has 0 saturated carbocycles. The van der Waals surface area contributed by atoms with Gasteiger partial charge in [-0.15, -0.1) is 0 Å². The second kappa shape index (κ2) is 6.13. The monoisotopic (exact) mass is 372 g/mol. The van der Waals surface area contributed by atoms with Gasteiger partial charge in [-0.2, -0.15) is 0 Å². The van der Waals surface area contributed by atoms with Crippen LogP contribution in [0, 0.1) is 12.7 Å². The second-order valence-corrected chi connectivity index (χ2v) is 7.24. The van der Waals surface area contributed by atoms with E-state index >= 15 is 0 Å². The maximum Gasteiger partial charge on any atom is 0.243 e. The van der Waals surface area contributed by atoms with E-state index in [1.807, 2.05) is 0 Å². The highest BCUT2D eigenvalue weighted by atomic mass is 79.9. The Labute approximate surface area is 131 Å². The molecule has 0 atom stereocenters. The summed E-state index contributed by atoms with van der Waals surface area (Å²) in [5, 5.41) is 0. The standard InChI is InChI=1S/C14H14BrFN2O2S/c1-9-6-12(16)14(7-13(9)17)21(19,20)18-8-10-2-4-11(15)5-3-10/h2-7,18H,8,17H2,1H3. The minimum Gasteiger partial charge on any atom is -0.398 e. The molecule has 112 valence electrons. The Morgan fingerprint density at radius 1 is 1.24 bits per heavy atom. The second-order valence-electron chi connectivity index (χ2n) is 4.59. The van der Waals surface area contributed by atoms with Gasteiger partial charge in [0, 0.05) is 16.7 Å². The van der Waals surface area contributed by atoms with Crippen molar-refractivity contribution in [3.63, 3.8) is 0 Å². The Bertz CT molecular complexity index is 761. The molecular weight excluding hydrogens is 359 g/mol. The summed E-state index contributed by atoms with van der Waals surface area (Å²) in [7, 11) is -3.96. The summed E-state index contributed by atoms with van der Waals surface area (Å²) in [6.45, 7) is 1.69. The molecule has 0 fully saturated rings. The zero-order valence-electron chi connectivity index (χ0n) is 11.2. The number of anilines is 1. The largest absolute Gasteiger partial charge is 0.398 e. The minimum atomic E-state index is -3.96. The lowest BCUT2D eigenvalue weighted by atomic mass is 10.2. The highest BCUT2D eigenvalue weighted by Crippen LogP contribution is 2.21. The summed E-state index contributed by atoms with van der Waals surface area (Å²) in [5.41, 5.74) is 7.15. The van der Waals surface area contributed by atoms with Crippen LogP contribution in [0.25, 0.3) is 0 Å². The highest BCUT2D eigenvalue weighted by molar-refractivity contribution is 9.10. The summed E-state index contributed by atoms with van der Waals surface area (Å²) < 4.78 is 41.4. The number of nitrogen functional groups attached to an aromatic ring is 1. The normalized spacial score (nSPS) is 11.6. The first-order chi connectivity index (χ1) is 9.79. The lowest BCUT2D eigenvalue weighted by molar-refractivity contribution is 0.556. The van der Waals surface area contributed by atoms with Gasteiger partial charge in [-0.25, -0.2) is 17.5 Å². The van der Waals surface area contributed by atoms with Crippen molar-refractivity contribution in [1.82, 2.24) is 4.72 Å². The lowest BCUT2D eigenvalue weighted by Crippen LogP contribution is -2.24. The Balaban J connectivity index is 2.22. The van der Waals surface area contributed by atoms with Crippen LogP contribution in [0.1, 0.15) is 11.1 Å². The molecule has 0 bridgehead atoms. The van der Waals surface area contributed by atoms with E-state index in [4.69, 9.17) is 5.73 Å². The molecule has 2 rings (SSSR count). The number of nitrogens with two attached hydrogens (primary N) is 1. The molecule has 0 aromatic heterocycles. The van der Waals surface area contributed by atoms with Gasteiger partial charge < -0.3 is 5.73 Å². The molecule has 4 nitrogen and oxygen atoms in total. The SMILES string of the molecule is Cc1cc(F)c(S(=O)(=O)NCc2ccc(Br)cc2)cc1N. The van der Waals surface area contributed by atoms with Crippen molar-refractivity contribution in [1.29, 1.82) is 0 Å². The number of rotatable bonds is 4. The number of aryl methyl sites for hydroxylation is 1. The number of halogens is 2. The van der Waals surface area contributed by atoms with Crippen LogP contribution in [0.3, 0.4) is 0 Å². The molecule has 2 aromatic rings. The number of benzene rings is 2. The fraction of sp³-hybridized carbons (Fsp3) is 0.143. The first kappa shape index (κ1) is 15.9. The molecule has 0 aliphatic heterocycles. The molecule has 0 radical (unpaired) electrons. The van der Waals surface area contributed by atoms with Crippen LogP contribution in [0.5, 0.6) is 0 Å². The van der Waals surface area contributed by atoms with Crippen LogP contribution in [0.2, 0.25) is 0 Å². The van der Waals surface area contributed by atoms with Gasteiger partial charge in [0.25, 0.3) is 0 Å². The number of hydrogen-bond donors (Lipinski definition) is 2. The van der Waals surface area contributed by atoms with E-state index in [0.717, 1.165) is 22.2 Å². The maximum absolute atomic E-state index is 13.8. The van der Waals surface area contributed by atoms with Gasteiger partial charge in [0.15, 0.2) is 0 Å². The zero-order valence-corrected chi connectivity index (χ0v) is 13.6. The summed E-state index contributed by atoms with van der Waals surface area (Å²) in [4.78, 5) is -0.442. The average Bonchev–Trinajstić information content (AvgIpc) is 2.42. The van der Waals surface area contributed by atoms with Crippen molar-refractivity contribution in [2.45, 2.75) is 18.4 Å². The summed E-state index contributed by atoms with van der Waals surface area (Å²) in [6.07, 6.45) is 0. The molecule has 2 aromatic carbocycles. The number of hydrogen-bond acceptors (Lipinski definition) is 3. The average molecular weight is 373 g/mol. The predicted molar refractivity (Wildman–Crippen MR) is 83.7 cm³/mol. The third-order valence-corrected chi connectivity index (χ3v) is 4.93. The summed E-state index contributed by atoms with van der Waals surface area (Å²) in [6, 6.07) is 9.39. The molecule has 7 heteroatoms. The van der Waals surface area contributed by atoms with Crippen LogP contribution in [-0.2, 0) is 16.6 Å². The molecule has 0 amide bonds. The van der Waals surface area contributed by atoms with E-state index in [-0.39, 0.29) is 12.2 Å². The Morgan fingerprint density at radius 2 is 1.86 bits per heavy atom. The van der Waals surface area contributed by atoms with Gasteiger partial charge in [-0.05, 0) is 42.3 Å². The van der Waals surface area contributed by atoms with Crippen molar-refractivity contribution < 1.29 is 12.8 Å². The molecule has 3 N–H and O–H groups in total. The van der Waals surface area contributed by atoms with Gasteiger partial charge in [0.05, 0.1) is 0 Å². The van der Waals surface area contributed by atoms with Gasteiger partial charge in [0.2, 0.25) is 10.0 Å². The molecule has 0 spiro atoms. The fourth-order valence-corrected chi connectivity index (χ4v) is 3.11. The van der Waals surface area contributed by atoms with Crippen molar-refractivity contribution >= 4 is 31.6 Å². The molecule has 0 unspecified atom stereocenters. The van der Waals surface area contributed by atoms with Crippen LogP contribution in [0.15, 0.2) is 45.8 Å². The van der Waals surface area contributed by atoms with Gasteiger partial charge in [-0.1, -0.05) is 28.1 Å². The van der Waals surface area contributed by atoms with E-state index in [9.17, 15) is 12.8 Å². The minimum absolute atomic E-state index is 0.0723. The maximum atomic E-state index is 13.8. The Kier molecular flexibility index (Phi) is 4.65. The van der Waals surface area contributed by atoms with Crippen molar-refractivity contribution in [2.24, 2.45) is 0 Å². The van der Waals surface area contributed by atoms with Crippen molar-refractivity contribution in [2.75, 3.05) is 5.73 Å². The molecule has 21 heavy (non-hydrogen) atoms. The predicted octanol–water partition coefficient (Wildman–Crippen LogP) is 2.96. The smallest absolute Gasteiger partial charge is 0.243 e. The van der Waals surface area contributed by atoms with E-state index in [1.54, 1.807) is 31.2 Å². The summed E-state index contributed by atoms with van der Waals surface area (Å²) >= 11 is 3.29. The Morgan fingerprint density at radius 3 is 2.48 bits per heavy atom. The zero-order chi connectivity index (χ0) is 15.6. The van der Waals surface area contributed by atoms with E-state index in [0.29, 0.717) is 5.56 Å². The van der Waals surface area contributed by atoms with Gasteiger partial charge in [-0.3, -0.25) is 0 Å². The number of nitrogens with one attached hydrogen (secondary N) is 1. The van der Waals surface area contributed by atoms with E-state index in [1.165, 1.54) is 0 Å². The number of sulfonamides is 1. The third-order valence-electron chi connectivity index (χ3n) is 2.99. The van der Waals surface area contributed by atoms with Crippen LogP contribution in [-0.4, -0.2) is 8.42 Å². The van der Waals surface area contributed by atoms with E-state index in [2.05, 4.69) is 20.7 Å². The van der Waals surface area contributed by atoms with Crippen molar-refractivity contribution in [3.05, 3.63) is 57.8 Å². The third kappa shape index (κ3) is 3.81. The van der Waals surface area contributed by atoms with Crippen LogP contribution < -0.4 is 10.5 Å². The van der Waals surface area contributed by atoms with Crippen LogP contribution >= 0.6 is 15.9 Å². The first-order valence-corrected chi connectivity index (χ1v) is 8.37. The van der Waals surface area contributed by atoms with Crippen molar-refractivity contribution in [3.8, 4) is 0 Å². The quantitative estimate of drug-likeness (QED) is 0.810. The van der Waals surface area contributed by atoms with Gasteiger partial charge in [0.1, 0.15) is 10.7 Å². The fourth-order valence-electron chi connectivity index (χ4n) is 1.73. The highest BCUT2D eigenvalue weighted by Gasteiger charge is 2.20.